The second-order valence-corrected chi connectivity index (χ2v) is 6.79. The molecule has 2 atom stereocenters. The number of anilines is 1. The van der Waals surface area contributed by atoms with E-state index < -0.39 is 0 Å². The van der Waals surface area contributed by atoms with Crippen molar-refractivity contribution in [2.45, 2.75) is 59.3 Å². The molecular formula is C17H30N4. The molecule has 1 aliphatic rings. The zero-order valence-electron chi connectivity index (χ0n) is 14.3. The van der Waals surface area contributed by atoms with E-state index in [0.717, 1.165) is 25.5 Å². The molecule has 4 nitrogen and oxygen atoms in total. The van der Waals surface area contributed by atoms with Crippen molar-refractivity contribution in [3.8, 4) is 0 Å². The van der Waals surface area contributed by atoms with E-state index in [-0.39, 0.29) is 0 Å². The lowest BCUT2D eigenvalue weighted by Gasteiger charge is -2.43. The first-order chi connectivity index (χ1) is 9.88. The van der Waals surface area contributed by atoms with Gasteiger partial charge >= 0.3 is 0 Å². The van der Waals surface area contributed by atoms with E-state index in [1.165, 1.54) is 11.1 Å². The predicted molar refractivity (Wildman–Crippen MR) is 89.8 cm³/mol. The van der Waals surface area contributed by atoms with Crippen molar-refractivity contribution in [2.75, 3.05) is 25.0 Å². The van der Waals surface area contributed by atoms with Crippen LogP contribution in [0, 0.1) is 6.92 Å². The lowest BCUT2D eigenvalue weighted by molar-refractivity contribution is 0.169. The molecule has 0 aliphatic carbocycles. The van der Waals surface area contributed by atoms with Crippen LogP contribution in [0.25, 0.3) is 0 Å². The Balaban J connectivity index is 2.10. The molecule has 1 aromatic heterocycles. The molecule has 21 heavy (non-hydrogen) atoms. The van der Waals surface area contributed by atoms with E-state index in [0.29, 0.717) is 18.1 Å². The van der Waals surface area contributed by atoms with Gasteiger partial charge in [0.2, 0.25) is 0 Å². The van der Waals surface area contributed by atoms with Gasteiger partial charge < -0.3 is 10.2 Å². The van der Waals surface area contributed by atoms with Gasteiger partial charge in [0.1, 0.15) is 5.82 Å². The van der Waals surface area contributed by atoms with Crippen LogP contribution in [0.4, 0.5) is 5.82 Å². The van der Waals surface area contributed by atoms with Crippen molar-refractivity contribution in [3.63, 3.8) is 0 Å². The van der Waals surface area contributed by atoms with Gasteiger partial charge in [-0.3, -0.25) is 4.90 Å². The second kappa shape index (κ2) is 6.75. The molecule has 0 spiro atoms. The first-order valence-corrected chi connectivity index (χ1v) is 8.04. The van der Waals surface area contributed by atoms with Crippen molar-refractivity contribution in [1.82, 2.24) is 15.2 Å². The number of piperazine rings is 1. The van der Waals surface area contributed by atoms with Crippen LogP contribution in [-0.2, 0) is 6.54 Å². The number of pyridine rings is 1. The summed E-state index contributed by atoms with van der Waals surface area (Å²) in [6.45, 7) is 14.1. The first-order valence-electron chi connectivity index (χ1n) is 8.04. The summed E-state index contributed by atoms with van der Waals surface area (Å²) in [5, 5.41) is 3.45. The highest BCUT2D eigenvalue weighted by Crippen LogP contribution is 2.23. The molecule has 1 N–H and O–H groups in total. The molecule has 0 aromatic carbocycles. The Morgan fingerprint density at radius 3 is 2.43 bits per heavy atom. The summed E-state index contributed by atoms with van der Waals surface area (Å²) in [4.78, 5) is 9.63. The van der Waals surface area contributed by atoms with E-state index in [2.05, 4.69) is 62.8 Å². The smallest absolute Gasteiger partial charge is 0.131 e. The first kappa shape index (κ1) is 16.2. The van der Waals surface area contributed by atoms with Crippen molar-refractivity contribution < 1.29 is 0 Å². The van der Waals surface area contributed by atoms with Gasteiger partial charge in [-0.15, -0.1) is 0 Å². The summed E-state index contributed by atoms with van der Waals surface area (Å²) in [5.74, 6) is 1.15. The van der Waals surface area contributed by atoms with Crippen LogP contribution in [-0.4, -0.2) is 48.1 Å². The minimum Gasteiger partial charge on any atom is -0.353 e. The fraction of sp³-hybridized carbons (Fsp3) is 0.706. The van der Waals surface area contributed by atoms with Crippen LogP contribution in [0.3, 0.4) is 0 Å². The summed E-state index contributed by atoms with van der Waals surface area (Å²) in [6.07, 6.45) is 2.02. The predicted octanol–water partition coefficient (Wildman–Crippen LogP) is 2.42. The Morgan fingerprint density at radius 2 is 1.90 bits per heavy atom. The monoisotopic (exact) mass is 290 g/mol. The van der Waals surface area contributed by atoms with Crippen LogP contribution in [0.15, 0.2) is 12.3 Å². The molecule has 2 heterocycles. The van der Waals surface area contributed by atoms with Gasteiger partial charge in [0.05, 0.1) is 0 Å². The normalized spacial score (nSPS) is 23.9. The minimum absolute atomic E-state index is 0.504. The maximum Gasteiger partial charge on any atom is 0.131 e. The summed E-state index contributed by atoms with van der Waals surface area (Å²) < 4.78 is 0. The Kier molecular flexibility index (Phi) is 5.22. The Hall–Kier alpha value is -1.13. The maximum atomic E-state index is 4.74. The highest BCUT2D eigenvalue weighted by atomic mass is 15.3. The number of likely N-dealkylation sites (N-methyl/N-ethyl adjacent to an activating group) is 1. The van der Waals surface area contributed by atoms with Gasteiger partial charge in [0.25, 0.3) is 0 Å². The molecule has 2 unspecified atom stereocenters. The van der Waals surface area contributed by atoms with E-state index in [1.807, 2.05) is 6.20 Å². The van der Waals surface area contributed by atoms with Crippen molar-refractivity contribution in [2.24, 2.45) is 0 Å². The van der Waals surface area contributed by atoms with E-state index in [1.54, 1.807) is 0 Å². The zero-order valence-corrected chi connectivity index (χ0v) is 14.3. The van der Waals surface area contributed by atoms with Crippen LogP contribution >= 0.6 is 0 Å². The Morgan fingerprint density at radius 1 is 1.29 bits per heavy atom. The number of nitrogens with zero attached hydrogens (tertiary/aromatic N) is 3. The third-order valence-electron chi connectivity index (χ3n) is 4.48. The zero-order chi connectivity index (χ0) is 15.6. The lowest BCUT2D eigenvalue weighted by Crippen LogP contribution is -2.55. The second-order valence-electron chi connectivity index (χ2n) is 6.79. The molecule has 1 fully saturated rings. The summed E-state index contributed by atoms with van der Waals surface area (Å²) >= 11 is 0. The topological polar surface area (TPSA) is 31.4 Å². The van der Waals surface area contributed by atoms with Crippen LogP contribution in [0.1, 0.15) is 38.8 Å². The molecular weight excluding hydrogens is 260 g/mol. The Labute approximate surface area is 129 Å². The number of hydrogen-bond donors (Lipinski definition) is 1. The minimum atomic E-state index is 0.504. The lowest BCUT2D eigenvalue weighted by atomic mass is 10.1. The number of nitrogens with one attached hydrogen (secondary N) is 1. The third-order valence-corrected chi connectivity index (χ3v) is 4.48. The fourth-order valence-electron chi connectivity index (χ4n) is 2.95. The molecule has 0 amide bonds. The van der Waals surface area contributed by atoms with Gasteiger partial charge in [-0.05, 0) is 45.0 Å². The molecule has 1 saturated heterocycles. The van der Waals surface area contributed by atoms with Crippen LogP contribution in [0.2, 0.25) is 0 Å². The van der Waals surface area contributed by atoms with Crippen molar-refractivity contribution in [1.29, 1.82) is 0 Å². The quantitative estimate of drug-likeness (QED) is 0.923. The molecule has 1 aromatic rings. The van der Waals surface area contributed by atoms with Gasteiger partial charge in [0, 0.05) is 44.0 Å². The average Bonchev–Trinajstić information content (AvgIpc) is 2.42. The van der Waals surface area contributed by atoms with Gasteiger partial charge in [-0.1, -0.05) is 13.8 Å². The number of aryl methyl sites for hydroxylation is 1. The van der Waals surface area contributed by atoms with E-state index >= 15 is 0 Å². The number of rotatable bonds is 4. The Bertz CT molecular complexity index is 460. The van der Waals surface area contributed by atoms with Crippen molar-refractivity contribution >= 4 is 5.82 Å². The molecule has 0 saturated carbocycles. The molecule has 0 radical (unpaired) electrons. The van der Waals surface area contributed by atoms with Crippen LogP contribution < -0.4 is 10.2 Å². The summed E-state index contributed by atoms with van der Waals surface area (Å²) in [6, 6.07) is 3.91. The van der Waals surface area contributed by atoms with Gasteiger partial charge in [-0.25, -0.2) is 4.98 Å². The van der Waals surface area contributed by atoms with Crippen LogP contribution in [0.5, 0.6) is 0 Å². The van der Waals surface area contributed by atoms with Gasteiger partial charge in [-0.2, -0.15) is 0 Å². The van der Waals surface area contributed by atoms with Gasteiger partial charge in [0.15, 0.2) is 0 Å². The molecule has 1 aliphatic heterocycles. The molecule has 0 bridgehead atoms. The van der Waals surface area contributed by atoms with Crippen molar-refractivity contribution in [3.05, 3.63) is 23.4 Å². The molecule has 2 rings (SSSR count). The standard InChI is InChI=1S/C17H30N4/c1-12(2)18-8-16-7-13(3)17(19-9-16)21-10-14(4)20(6)15(5)11-21/h7,9,12,14-15,18H,8,10-11H2,1-6H3. The van der Waals surface area contributed by atoms with E-state index in [4.69, 9.17) is 4.98 Å². The highest BCUT2D eigenvalue weighted by molar-refractivity contribution is 5.48. The average molecular weight is 290 g/mol. The SMILES string of the molecule is Cc1cc(CNC(C)C)cnc1N1CC(C)N(C)C(C)C1. The van der Waals surface area contributed by atoms with E-state index in [9.17, 15) is 0 Å². The maximum absolute atomic E-state index is 4.74. The number of hydrogen-bond acceptors (Lipinski definition) is 4. The highest BCUT2D eigenvalue weighted by Gasteiger charge is 2.27. The number of aromatic nitrogens is 1. The fourth-order valence-corrected chi connectivity index (χ4v) is 2.95. The molecule has 118 valence electrons. The largest absolute Gasteiger partial charge is 0.353 e. The summed E-state index contributed by atoms with van der Waals surface area (Å²) in [7, 11) is 2.22. The third kappa shape index (κ3) is 3.95. The molecule has 4 heteroatoms. The summed E-state index contributed by atoms with van der Waals surface area (Å²) in [5.41, 5.74) is 2.54.